The Bertz CT molecular complexity index is 544. The molecule has 0 spiro atoms. The zero-order valence-electron chi connectivity index (χ0n) is 12.2. The predicted molar refractivity (Wildman–Crippen MR) is 76.0 cm³/mol. The van der Waals surface area contributed by atoms with Crippen molar-refractivity contribution in [2.75, 3.05) is 19.6 Å². The van der Waals surface area contributed by atoms with E-state index in [-0.39, 0.29) is 0 Å². The van der Waals surface area contributed by atoms with Gasteiger partial charge in [0, 0.05) is 31.3 Å². The van der Waals surface area contributed by atoms with E-state index in [1.807, 2.05) is 0 Å². The van der Waals surface area contributed by atoms with Crippen molar-refractivity contribution < 1.29 is 18.0 Å². The molecular formula is C16H19F3N2O. The van der Waals surface area contributed by atoms with E-state index in [0.717, 1.165) is 25.3 Å². The third-order valence-corrected chi connectivity index (χ3v) is 4.40. The van der Waals surface area contributed by atoms with Crippen molar-refractivity contribution in [2.24, 2.45) is 5.92 Å². The van der Waals surface area contributed by atoms with Gasteiger partial charge in [-0.3, -0.25) is 4.79 Å². The van der Waals surface area contributed by atoms with Crippen LogP contribution in [0.15, 0.2) is 12.1 Å². The number of likely N-dealkylation sites (tertiary alicyclic amines) is 1. The van der Waals surface area contributed by atoms with Crippen LogP contribution in [-0.2, 0) is 0 Å². The topological polar surface area (TPSA) is 32.3 Å². The molecule has 120 valence electrons. The molecule has 0 unspecified atom stereocenters. The zero-order chi connectivity index (χ0) is 15.7. The standard InChI is InChI=1S/C16H19F3N2O/c17-11-7-13(18)15(14(19)8-11)16(22)21-5-3-12(4-6-21)20-9-10-1-2-10/h7-8,10,12,20H,1-6,9H2. The maximum atomic E-state index is 13.7. The van der Waals surface area contributed by atoms with Gasteiger partial charge in [-0.1, -0.05) is 0 Å². The van der Waals surface area contributed by atoms with Crippen LogP contribution in [0.1, 0.15) is 36.0 Å². The fourth-order valence-electron chi connectivity index (χ4n) is 2.85. The molecular weight excluding hydrogens is 293 g/mol. The molecule has 1 aliphatic heterocycles. The Balaban J connectivity index is 1.59. The monoisotopic (exact) mass is 312 g/mol. The Labute approximate surface area is 127 Å². The number of amides is 1. The molecule has 3 nitrogen and oxygen atoms in total. The van der Waals surface area contributed by atoms with E-state index >= 15 is 0 Å². The van der Waals surface area contributed by atoms with Crippen LogP contribution in [0.4, 0.5) is 13.2 Å². The molecule has 0 aromatic heterocycles. The van der Waals surface area contributed by atoms with Crippen molar-refractivity contribution in [1.82, 2.24) is 10.2 Å². The maximum Gasteiger partial charge on any atom is 0.259 e. The van der Waals surface area contributed by atoms with Gasteiger partial charge in [-0.25, -0.2) is 13.2 Å². The Morgan fingerprint density at radius 2 is 1.68 bits per heavy atom. The molecule has 1 saturated carbocycles. The van der Waals surface area contributed by atoms with Crippen molar-refractivity contribution in [2.45, 2.75) is 31.7 Å². The molecule has 22 heavy (non-hydrogen) atoms. The number of halogens is 3. The van der Waals surface area contributed by atoms with Crippen LogP contribution in [0.3, 0.4) is 0 Å². The van der Waals surface area contributed by atoms with E-state index in [0.29, 0.717) is 31.3 Å². The van der Waals surface area contributed by atoms with Gasteiger partial charge in [0.2, 0.25) is 0 Å². The summed E-state index contributed by atoms with van der Waals surface area (Å²) in [7, 11) is 0. The maximum absolute atomic E-state index is 13.7. The number of piperidine rings is 1. The number of benzene rings is 1. The van der Waals surface area contributed by atoms with E-state index in [1.54, 1.807) is 0 Å². The minimum Gasteiger partial charge on any atom is -0.338 e. The van der Waals surface area contributed by atoms with E-state index < -0.39 is 28.9 Å². The lowest BCUT2D eigenvalue weighted by atomic mass is 10.0. The summed E-state index contributed by atoms with van der Waals surface area (Å²) in [5, 5.41) is 3.48. The highest BCUT2D eigenvalue weighted by atomic mass is 19.1. The van der Waals surface area contributed by atoms with Crippen LogP contribution in [0.25, 0.3) is 0 Å². The molecule has 2 aliphatic rings. The number of hydrogen-bond acceptors (Lipinski definition) is 2. The molecule has 1 N–H and O–H groups in total. The molecule has 6 heteroatoms. The highest BCUT2D eigenvalue weighted by molar-refractivity contribution is 5.94. The third-order valence-electron chi connectivity index (χ3n) is 4.40. The second-order valence-electron chi connectivity index (χ2n) is 6.16. The number of carbonyl (C=O) groups is 1. The quantitative estimate of drug-likeness (QED) is 0.927. The number of carbonyl (C=O) groups excluding carboxylic acids is 1. The van der Waals surface area contributed by atoms with Crippen LogP contribution >= 0.6 is 0 Å². The molecule has 1 amide bonds. The summed E-state index contributed by atoms with van der Waals surface area (Å²) in [4.78, 5) is 13.7. The summed E-state index contributed by atoms with van der Waals surface area (Å²) >= 11 is 0. The Kier molecular flexibility index (Phi) is 4.38. The molecule has 0 bridgehead atoms. The second kappa shape index (κ2) is 6.28. The second-order valence-corrected chi connectivity index (χ2v) is 6.16. The van der Waals surface area contributed by atoms with Gasteiger partial charge in [0.1, 0.15) is 23.0 Å². The van der Waals surface area contributed by atoms with Gasteiger partial charge in [0.15, 0.2) is 0 Å². The van der Waals surface area contributed by atoms with Crippen molar-refractivity contribution in [1.29, 1.82) is 0 Å². The highest BCUT2D eigenvalue weighted by Gasteiger charge is 2.29. The average Bonchev–Trinajstić information content (AvgIpc) is 3.28. The summed E-state index contributed by atoms with van der Waals surface area (Å²) in [6.45, 7) is 1.93. The van der Waals surface area contributed by atoms with Crippen molar-refractivity contribution in [3.8, 4) is 0 Å². The smallest absolute Gasteiger partial charge is 0.259 e. The van der Waals surface area contributed by atoms with Gasteiger partial charge in [-0.05, 0) is 38.1 Å². The molecule has 0 atom stereocenters. The minimum absolute atomic E-state index is 0.354. The molecule has 1 heterocycles. The van der Waals surface area contributed by atoms with E-state index in [9.17, 15) is 18.0 Å². The average molecular weight is 312 g/mol. The normalized spacial score (nSPS) is 19.5. The van der Waals surface area contributed by atoms with E-state index in [2.05, 4.69) is 5.32 Å². The van der Waals surface area contributed by atoms with Crippen LogP contribution in [0, 0.1) is 23.4 Å². The first-order chi connectivity index (χ1) is 10.5. The van der Waals surface area contributed by atoms with Crippen molar-refractivity contribution in [3.05, 3.63) is 35.1 Å². The fraction of sp³-hybridized carbons (Fsp3) is 0.562. The van der Waals surface area contributed by atoms with Gasteiger partial charge >= 0.3 is 0 Å². The largest absolute Gasteiger partial charge is 0.338 e. The summed E-state index contributed by atoms with van der Waals surface area (Å²) < 4.78 is 40.2. The SMILES string of the molecule is O=C(c1c(F)cc(F)cc1F)N1CCC(NCC2CC2)CC1. The van der Waals surface area contributed by atoms with Crippen LogP contribution in [0.2, 0.25) is 0 Å². The van der Waals surface area contributed by atoms with Crippen LogP contribution in [-0.4, -0.2) is 36.5 Å². The predicted octanol–water partition coefficient (Wildman–Crippen LogP) is 2.71. The molecule has 3 rings (SSSR count). The number of rotatable bonds is 4. The first-order valence-corrected chi connectivity index (χ1v) is 7.72. The summed E-state index contributed by atoms with van der Waals surface area (Å²) in [5.41, 5.74) is -0.661. The molecule has 1 aromatic rings. The lowest BCUT2D eigenvalue weighted by Gasteiger charge is -2.32. The minimum atomic E-state index is -1.14. The van der Waals surface area contributed by atoms with E-state index in [4.69, 9.17) is 0 Å². The fourth-order valence-corrected chi connectivity index (χ4v) is 2.85. The number of nitrogens with one attached hydrogen (secondary N) is 1. The Morgan fingerprint density at radius 1 is 1.09 bits per heavy atom. The Morgan fingerprint density at radius 3 is 2.23 bits per heavy atom. The first kappa shape index (κ1) is 15.3. The van der Waals surface area contributed by atoms with Gasteiger partial charge in [-0.2, -0.15) is 0 Å². The summed E-state index contributed by atoms with van der Waals surface area (Å²) in [6.07, 6.45) is 4.10. The van der Waals surface area contributed by atoms with Gasteiger partial charge in [-0.15, -0.1) is 0 Å². The van der Waals surface area contributed by atoms with Crippen molar-refractivity contribution in [3.63, 3.8) is 0 Å². The highest BCUT2D eigenvalue weighted by Crippen LogP contribution is 2.28. The van der Waals surface area contributed by atoms with Crippen LogP contribution < -0.4 is 5.32 Å². The summed E-state index contributed by atoms with van der Waals surface area (Å²) in [6, 6.07) is 1.44. The van der Waals surface area contributed by atoms with Crippen LogP contribution in [0.5, 0.6) is 0 Å². The number of hydrogen-bond donors (Lipinski definition) is 1. The molecule has 2 fully saturated rings. The molecule has 1 aromatic carbocycles. The summed E-state index contributed by atoms with van der Waals surface area (Å²) in [5.74, 6) is -3.21. The molecule has 0 radical (unpaired) electrons. The van der Waals surface area contributed by atoms with Gasteiger partial charge in [0.25, 0.3) is 5.91 Å². The van der Waals surface area contributed by atoms with Gasteiger partial charge in [0.05, 0.1) is 0 Å². The van der Waals surface area contributed by atoms with Crippen molar-refractivity contribution >= 4 is 5.91 Å². The van der Waals surface area contributed by atoms with Gasteiger partial charge < -0.3 is 10.2 Å². The number of nitrogens with zero attached hydrogens (tertiary/aromatic N) is 1. The molecule has 1 saturated heterocycles. The lowest BCUT2D eigenvalue weighted by Crippen LogP contribution is -2.45. The first-order valence-electron chi connectivity index (χ1n) is 7.72. The molecule has 1 aliphatic carbocycles. The zero-order valence-corrected chi connectivity index (χ0v) is 12.2. The Hall–Kier alpha value is -1.56. The van der Waals surface area contributed by atoms with E-state index in [1.165, 1.54) is 17.7 Å². The third kappa shape index (κ3) is 3.43. The lowest BCUT2D eigenvalue weighted by molar-refractivity contribution is 0.0695.